The Morgan fingerprint density at radius 1 is 0.349 bits per heavy atom. The lowest BCUT2D eigenvalue weighted by molar-refractivity contribution is 0.477. The fourth-order valence-electron chi connectivity index (χ4n) is 12.2. The summed E-state index contributed by atoms with van der Waals surface area (Å²) in [5.41, 5.74) is 14.6. The van der Waals surface area contributed by atoms with Crippen LogP contribution in [0.15, 0.2) is 194 Å². The maximum absolute atomic E-state index is 6.61. The highest BCUT2D eigenvalue weighted by Crippen LogP contribution is 2.52. The minimum atomic E-state index is -0.0290. The Bertz CT molecular complexity index is 4000. The maximum atomic E-state index is 6.61. The van der Waals surface area contributed by atoms with E-state index in [2.05, 4.69) is 208 Å². The Balaban J connectivity index is 1.17. The van der Waals surface area contributed by atoms with Gasteiger partial charge in [-0.15, -0.1) is 0 Å². The Labute approximate surface area is 361 Å². The van der Waals surface area contributed by atoms with E-state index in [0.717, 1.165) is 28.6 Å². The zero-order valence-corrected chi connectivity index (χ0v) is 33.8. The molecule has 13 aromatic rings. The molecular weight excluding hydrogens is 765 g/mol. The van der Waals surface area contributed by atoms with E-state index in [1.54, 1.807) is 0 Å². The van der Waals surface area contributed by atoms with Crippen LogP contribution in [-0.2, 0) is 0 Å². The molecule has 5 heterocycles. The summed E-state index contributed by atoms with van der Waals surface area (Å²) in [6, 6.07) is 72.2. The molecule has 3 aliphatic rings. The zero-order valence-electron chi connectivity index (χ0n) is 33.8. The standard InChI is InChI=1S/C58H32BN3O/c1-5-17-38-33(13-1)25-27-46-52(38)54-40-19-7-3-15-35(40)29-42-57(54)61(46)48-31-37(60-44-21-9-11-23-50(44)63-51-24-12-10-22-45(51)60)32-49-56(48)59(42)43-30-36-16-4-8-20-41(36)55-53-39-18-6-2-14-34(39)26-28-47(53)62(49)58(43)55/h1-32H. The van der Waals surface area contributed by atoms with Gasteiger partial charge >= 0.3 is 0 Å². The predicted molar refractivity (Wildman–Crippen MR) is 265 cm³/mol. The molecule has 11 aromatic carbocycles. The number of benzene rings is 11. The Kier molecular flexibility index (Phi) is 5.85. The Morgan fingerprint density at radius 2 is 0.762 bits per heavy atom. The van der Waals surface area contributed by atoms with Gasteiger partial charge in [0.15, 0.2) is 11.5 Å². The summed E-state index contributed by atoms with van der Waals surface area (Å²) < 4.78 is 11.9. The van der Waals surface area contributed by atoms with Crippen molar-refractivity contribution in [3.8, 4) is 22.9 Å². The van der Waals surface area contributed by atoms with Gasteiger partial charge in [0.25, 0.3) is 6.71 Å². The molecule has 0 saturated carbocycles. The molecule has 63 heavy (non-hydrogen) atoms. The van der Waals surface area contributed by atoms with Gasteiger partial charge in [0.05, 0.1) is 39.1 Å². The SMILES string of the molecule is c1ccc2c(c1)Oc1ccccc1N2c1cc2c3c(c1)-n1c4ccc5ccccc5c4c4c5ccccc5cc(c41)B3c1cc3ccccc3c3c4c5ccccc5ccc4n-2c13. The molecule has 2 aromatic heterocycles. The number of nitrogens with zero attached hydrogens (tertiary/aromatic N) is 3. The summed E-state index contributed by atoms with van der Waals surface area (Å²) in [7, 11) is 0. The summed E-state index contributed by atoms with van der Waals surface area (Å²) in [5.74, 6) is 1.68. The van der Waals surface area contributed by atoms with Gasteiger partial charge in [0.2, 0.25) is 0 Å². The monoisotopic (exact) mass is 797 g/mol. The molecule has 5 heteroatoms. The van der Waals surface area contributed by atoms with Crippen LogP contribution in [0.5, 0.6) is 11.5 Å². The summed E-state index contributed by atoms with van der Waals surface area (Å²) in [4.78, 5) is 2.42. The van der Waals surface area contributed by atoms with E-state index in [0.29, 0.717) is 0 Å². The van der Waals surface area contributed by atoms with E-state index in [4.69, 9.17) is 4.74 Å². The highest BCUT2D eigenvalue weighted by molar-refractivity contribution is 7.00. The average Bonchev–Trinajstić information content (AvgIpc) is 3.89. The number of aromatic nitrogens is 2. The van der Waals surface area contributed by atoms with Crippen LogP contribution >= 0.6 is 0 Å². The van der Waals surface area contributed by atoms with Crippen molar-refractivity contribution >= 4 is 127 Å². The van der Waals surface area contributed by atoms with E-state index < -0.39 is 0 Å². The van der Waals surface area contributed by atoms with Crippen molar-refractivity contribution in [1.29, 1.82) is 0 Å². The predicted octanol–water partition coefficient (Wildman–Crippen LogP) is 13.2. The second-order valence-corrected chi connectivity index (χ2v) is 17.6. The third-order valence-corrected chi connectivity index (χ3v) is 14.5. The minimum Gasteiger partial charge on any atom is -0.453 e. The fraction of sp³-hybridized carbons (Fsp3) is 0. The highest BCUT2D eigenvalue weighted by atomic mass is 16.5. The number of fused-ring (bicyclic) bond motifs is 20. The van der Waals surface area contributed by atoms with Crippen LogP contribution in [0.3, 0.4) is 0 Å². The molecule has 0 spiro atoms. The molecular formula is C58H32BN3O. The molecule has 0 amide bonds. The Hall–Kier alpha value is -8.28. The highest BCUT2D eigenvalue weighted by Gasteiger charge is 2.43. The average molecular weight is 798 g/mol. The zero-order chi connectivity index (χ0) is 40.7. The molecule has 3 aliphatic heterocycles. The van der Waals surface area contributed by atoms with E-state index >= 15 is 0 Å². The topological polar surface area (TPSA) is 22.3 Å². The molecule has 0 fully saturated rings. The van der Waals surface area contributed by atoms with E-state index in [-0.39, 0.29) is 6.71 Å². The van der Waals surface area contributed by atoms with Gasteiger partial charge in [-0.2, -0.15) is 0 Å². The lowest BCUT2D eigenvalue weighted by atomic mass is 9.34. The van der Waals surface area contributed by atoms with Gasteiger partial charge in [-0.25, -0.2) is 0 Å². The van der Waals surface area contributed by atoms with Crippen molar-refractivity contribution < 1.29 is 4.74 Å². The van der Waals surface area contributed by atoms with Crippen molar-refractivity contribution in [3.63, 3.8) is 0 Å². The van der Waals surface area contributed by atoms with Crippen LogP contribution < -0.4 is 26.0 Å². The van der Waals surface area contributed by atoms with Crippen molar-refractivity contribution in [1.82, 2.24) is 9.13 Å². The van der Waals surface area contributed by atoms with Crippen LogP contribution in [0.1, 0.15) is 0 Å². The summed E-state index contributed by atoms with van der Waals surface area (Å²) in [6.07, 6.45) is 0. The first-order chi connectivity index (χ1) is 31.3. The molecule has 0 bridgehead atoms. The second-order valence-electron chi connectivity index (χ2n) is 17.6. The first-order valence-corrected chi connectivity index (χ1v) is 21.9. The van der Waals surface area contributed by atoms with Crippen LogP contribution in [0.4, 0.5) is 17.1 Å². The first kappa shape index (κ1) is 32.5. The van der Waals surface area contributed by atoms with Crippen LogP contribution in [0.25, 0.3) is 98.1 Å². The lowest BCUT2D eigenvalue weighted by Gasteiger charge is -2.37. The molecule has 0 unspecified atom stereocenters. The number of para-hydroxylation sites is 4. The normalized spacial score (nSPS) is 13.5. The van der Waals surface area contributed by atoms with E-state index in [1.807, 2.05) is 0 Å². The van der Waals surface area contributed by atoms with E-state index in [1.165, 1.54) is 114 Å². The number of anilines is 3. The van der Waals surface area contributed by atoms with Crippen LogP contribution in [0, 0.1) is 0 Å². The molecule has 16 rings (SSSR count). The molecule has 0 radical (unpaired) electrons. The second kappa shape index (κ2) is 11.3. The summed E-state index contributed by atoms with van der Waals surface area (Å²) in [5, 5.41) is 15.4. The van der Waals surface area contributed by atoms with Crippen molar-refractivity contribution in [2.75, 3.05) is 4.90 Å². The fourth-order valence-corrected chi connectivity index (χ4v) is 12.2. The minimum absolute atomic E-state index is 0.0290. The molecule has 0 aliphatic carbocycles. The lowest BCUT2D eigenvalue weighted by Crippen LogP contribution is -2.59. The third kappa shape index (κ3) is 3.91. The number of ether oxygens (including phenoxy) is 1. The largest absolute Gasteiger partial charge is 0.453 e. The number of hydrogen-bond donors (Lipinski definition) is 0. The third-order valence-electron chi connectivity index (χ3n) is 14.5. The first-order valence-electron chi connectivity index (χ1n) is 21.9. The summed E-state index contributed by atoms with van der Waals surface area (Å²) in [6.45, 7) is -0.0290. The van der Waals surface area contributed by atoms with E-state index in [9.17, 15) is 0 Å². The smallest absolute Gasteiger partial charge is 0.252 e. The van der Waals surface area contributed by atoms with Crippen molar-refractivity contribution in [3.05, 3.63) is 194 Å². The molecule has 0 N–H and O–H groups in total. The van der Waals surface area contributed by atoms with Gasteiger partial charge in [-0.1, -0.05) is 146 Å². The quantitative estimate of drug-likeness (QED) is 0.154. The molecule has 0 saturated heterocycles. The molecule has 0 atom stereocenters. The van der Waals surface area contributed by atoms with Crippen molar-refractivity contribution in [2.24, 2.45) is 0 Å². The Morgan fingerprint density at radius 3 is 1.25 bits per heavy atom. The maximum Gasteiger partial charge on any atom is 0.252 e. The van der Waals surface area contributed by atoms with Gasteiger partial charge < -0.3 is 18.8 Å². The van der Waals surface area contributed by atoms with Gasteiger partial charge in [0, 0.05) is 32.9 Å². The van der Waals surface area contributed by atoms with Gasteiger partial charge in [-0.05, 0) is 108 Å². The van der Waals surface area contributed by atoms with Crippen molar-refractivity contribution in [2.45, 2.75) is 0 Å². The number of hydrogen-bond acceptors (Lipinski definition) is 2. The summed E-state index contributed by atoms with van der Waals surface area (Å²) >= 11 is 0. The molecule has 288 valence electrons. The van der Waals surface area contributed by atoms with Crippen LogP contribution in [-0.4, -0.2) is 15.8 Å². The van der Waals surface area contributed by atoms with Crippen LogP contribution in [0.2, 0.25) is 0 Å². The van der Waals surface area contributed by atoms with Gasteiger partial charge in [0.1, 0.15) is 0 Å². The molecule has 4 nitrogen and oxygen atoms in total. The number of rotatable bonds is 1. The van der Waals surface area contributed by atoms with Gasteiger partial charge in [-0.3, -0.25) is 0 Å².